The maximum Gasteiger partial charge on any atom is 0.136 e. The van der Waals surface area contributed by atoms with Gasteiger partial charge >= 0.3 is 0 Å². The van der Waals surface area contributed by atoms with Gasteiger partial charge in [0.15, 0.2) is 0 Å². The Balaban J connectivity index is 2.01. The van der Waals surface area contributed by atoms with Crippen molar-refractivity contribution in [3.8, 4) is 11.3 Å². The van der Waals surface area contributed by atoms with Gasteiger partial charge in [0.2, 0.25) is 0 Å². The first-order valence-corrected chi connectivity index (χ1v) is 7.28. The van der Waals surface area contributed by atoms with E-state index < -0.39 is 0 Å². The fourth-order valence-corrected chi connectivity index (χ4v) is 2.97. The van der Waals surface area contributed by atoms with Gasteiger partial charge in [0.25, 0.3) is 0 Å². The Bertz CT molecular complexity index is 916. The topological polar surface area (TPSA) is 13.1 Å². The average molecular weight is 323 g/mol. The average Bonchev–Trinajstić information content (AvgIpc) is 2.89. The van der Waals surface area contributed by atoms with Crippen LogP contribution in [0, 0.1) is 0 Å². The third-order valence-corrected chi connectivity index (χ3v) is 4.03. The van der Waals surface area contributed by atoms with Crippen LogP contribution < -0.4 is 0 Å². The molecule has 0 radical (unpaired) electrons. The molecule has 1 nitrogen and oxygen atoms in total. The van der Waals surface area contributed by atoms with Gasteiger partial charge in [0.1, 0.15) is 11.3 Å². The van der Waals surface area contributed by atoms with E-state index in [4.69, 9.17) is 4.42 Å². The van der Waals surface area contributed by atoms with Crippen LogP contribution in [0.5, 0.6) is 0 Å². The molecule has 0 aliphatic carbocycles. The zero-order chi connectivity index (χ0) is 13.5. The summed E-state index contributed by atoms with van der Waals surface area (Å²) in [6.45, 7) is 0. The molecule has 4 aromatic rings. The number of halogens is 1. The van der Waals surface area contributed by atoms with Crippen molar-refractivity contribution in [3.05, 3.63) is 71.2 Å². The molecule has 96 valence electrons. The van der Waals surface area contributed by atoms with Crippen molar-refractivity contribution >= 4 is 37.7 Å². The maximum absolute atomic E-state index is 6.00. The molecule has 0 unspecified atom stereocenters. The van der Waals surface area contributed by atoms with Crippen molar-refractivity contribution in [2.45, 2.75) is 0 Å². The van der Waals surface area contributed by atoms with Crippen LogP contribution >= 0.6 is 15.9 Å². The Morgan fingerprint density at radius 3 is 2.55 bits per heavy atom. The summed E-state index contributed by atoms with van der Waals surface area (Å²) in [7, 11) is 0. The van der Waals surface area contributed by atoms with Crippen LogP contribution in [0.15, 0.2) is 75.6 Å². The van der Waals surface area contributed by atoms with Gasteiger partial charge in [-0.15, -0.1) is 0 Å². The summed E-state index contributed by atoms with van der Waals surface area (Å²) < 4.78 is 7.06. The summed E-state index contributed by atoms with van der Waals surface area (Å²) in [6.07, 6.45) is 0. The van der Waals surface area contributed by atoms with Gasteiger partial charge < -0.3 is 4.42 Å². The molecule has 0 aliphatic heterocycles. The smallest absolute Gasteiger partial charge is 0.136 e. The molecule has 4 rings (SSSR count). The van der Waals surface area contributed by atoms with Crippen molar-refractivity contribution in [1.82, 2.24) is 0 Å². The summed E-state index contributed by atoms with van der Waals surface area (Å²) >= 11 is 3.50. The fraction of sp³-hybridized carbons (Fsp3) is 0. The maximum atomic E-state index is 6.00. The molecule has 0 fully saturated rings. The van der Waals surface area contributed by atoms with Crippen molar-refractivity contribution in [2.24, 2.45) is 0 Å². The predicted molar refractivity (Wildman–Crippen MR) is 86.9 cm³/mol. The van der Waals surface area contributed by atoms with Gasteiger partial charge in [-0.05, 0) is 35.0 Å². The largest absolute Gasteiger partial charge is 0.456 e. The number of furan rings is 1. The zero-order valence-electron chi connectivity index (χ0n) is 10.6. The summed E-state index contributed by atoms with van der Waals surface area (Å²) in [6, 6.07) is 22.8. The molecule has 0 N–H and O–H groups in total. The lowest BCUT2D eigenvalue weighted by molar-refractivity contribution is 0.632. The van der Waals surface area contributed by atoms with Gasteiger partial charge in [-0.1, -0.05) is 58.4 Å². The third-order valence-electron chi connectivity index (χ3n) is 3.53. The number of benzene rings is 3. The quantitative estimate of drug-likeness (QED) is 0.418. The molecule has 0 atom stereocenters. The highest BCUT2D eigenvalue weighted by atomic mass is 79.9. The predicted octanol–water partition coefficient (Wildman–Crippen LogP) is 6.02. The van der Waals surface area contributed by atoms with E-state index >= 15 is 0 Å². The molecule has 1 aromatic heterocycles. The van der Waals surface area contributed by atoms with E-state index in [1.807, 2.05) is 12.1 Å². The number of fused-ring (bicyclic) bond motifs is 2. The van der Waals surface area contributed by atoms with Gasteiger partial charge in [-0.3, -0.25) is 0 Å². The standard InChI is InChI=1S/C18H11BrO/c19-14-8-9-17-13(10-14)11-18(20-17)16-7-3-5-12-4-1-2-6-15(12)16/h1-11H. The minimum absolute atomic E-state index is 0.912. The highest BCUT2D eigenvalue weighted by Gasteiger charge is 2.09. The van der Waals surface area contributed by atoms with Gasteiger partial charge in [-0.25, -0.2) is 0 Å². The van der Waals surface area contributed by atoms with Crippen LogP contribution in [0.1, 0.15) is 0 Å². The number of rotatable bonds is 1. The second-order valence-electron chi connectivity index (χ2n) is 4.82. The summed E-state index contributed by atoms with van der Waals surface area (Å²) in [5.74, 6) is 0.912. The van der Waals surface area contributed by atoms with Crippen LogP contribution in [0.3, 0.4) is 0 Å². The SMILES string of the molecule is Brc1ccc2oc(-c3cccc4ccccc34)cc2c1. The van der Waals surface area contributed by atoms with Gasteiger partial charge in [0, 0.05) is 15.4 Å². The fourth-order valence-electron chi connectivity index (χ4n) is 2.59. The van der Waals surface area contributed by atoms with Crippen molar-refractivity contribution in [3.63, 3.8) is 0 Å². The minimum atomic E-state index is 0.912. The van der Waals surface area contributed by atoms with Crippen LogP contribution in [0.4, 0.5) is 0 Å². The molecule has 0 aliphatic rings. The molecule has 1 heterocycles. The molecule has 0 bridgehead atoms. The Labute approximate surface area is 125 Å². The summed E-state index contributed by atoms with van der Waals surface area (Å²) in [5, 5.41) is 3.56. The first-order chi connectivity index (χ1) is 9.81. The second-order valence-corrected chi connectivity index (χ2v) is 5.74. The van der Waals surface area contributed by atoms with E-state index in [-0.39, 0.29) is 0 Å². The van der Waals surface area contributed by atoms with E-state index in [1.165, 1.54) is 10.8 Å². The van der Waals surface area contributed by atoms with E-state index in [1.54, 1.807) is 0 Å². The van der Waals surface area contributed by atoms with E-state index in [0.717, 1.165) is 26.8 Å². The van der Waals surface area contributed by atoms with Crippen molar-refractivity contribution in [2.75, 3.05) is 0 Å². The molecule has 0 saturated carbocycles. The number of hydrogen-bond acceptors (Lipinski definition) is 1. The van der Waals surface area contributed by atoms with Gasteiger partial charge in [0.05, 0.1) is 0 Å². The Morgan fingerprint density at radius 1 is 0.750 bits per heavy atom. The Kier molecular flexibility index (Phi) is 2.64. The van der Waals surface area contributed by atoms with Crippen LogP contribution in [0.2, 0.25) is 0 Å². The highest BCUT2D eigenvalue weighted by Crippen LogP contribution is 2.33. The van der Waals surface area contributed by atoms with Crippen LogP contribution in [0.25, 0.3) is 33.1 Å². The molecule has 2 heteroatoms. The molecule has 0 spiro atoms. The highest BCUT2D eigenvalue weighted by molar-refractivity contribution is 9.10. The lowest BCUT2D eigenvalue weighted by Crippen LogP contribution is -1.77. The Morgan fingerprint density at radius 2 is 1.60 bits per heavy atom. The van der Waals surface area contributed by atoms with E-state index in [0.29, 0.717) is 0 Å². The third kappa shape index (κ3) is 1.84. The van der Waals surface area contributed by atoms with E-state index in [2.05, 4.69) is 70.5 Å². The lowest BCUT2D eigenvalue weighted by atomic mass is 10.0. The lowest BCUT2D eigenvalue weighted by Gasteiger charge is -2.03. The van der Waals surface area contributed by atoms with Crippen LogP contribution in [-0.2, 0) is 0 Å². The molecular formula is C18H11BrO. The van der Waals surface area contributed by atoms with Crippen molar-refractivity contribution in [1.29, 1.82) is 0 Å². The molecule has 0 amide bonds. The number of hydrogen-bond donors (Lipinski definition) is 0. The monoisotopic (exact) mass is 322 g/mol. The normalized spacial score (nSPS) is 11.2. The van der Waals surface area contributed by atoms with E-state index in [9.17, 15) is 0 Å². The second kappa shape index (κ2) is 4.50. The zero-order valence-corrected chi connectivity index (χ0v) is 12.2. The van der Waals surface area contributed by atoms with Gasteiger partial charge in [-0.2, -0.15) is 0 Å². The molecule has 0 saturated heterocycles. The summed E-state index contributed by atoms with van der Waals surface area (Å²) in [5.41, 5.74) is 2.05. The minimum Gasteiger partial charge on any atom is -0.456 e. The van der Waals surface area contributed by atoms with Crippen LogP contribution in [-0.4, -0.2) is 0 Å². The molecular weight excluding hydrogens is 312 g/mol. The Hall–Kier alpha value is -2.06. The summed E-state index contributed by atoms with van der Waals surface area (Å²) in [4.78, 5) is 0. The first kappa shape index (κ1) is 11.7. The first-order valence-electron chi connectivity index (χ1n) is 6.48. The molecule has 20 heavy (non-hydrogen) atoms. The molecule has 3 aromatic carbocycles. The van der Waals surface area contributed by atoms with Crippen molar-refractivity contribution < 1.29 is 4.42 Å².